The van der Waals surface area contributed by atoms with Gasteiger partial charge in [-0.15, -0.1) is 0 Å². The molecule has 78 valence electrons. The maximum atomic E-state index is 11.5. The van der Waals surface area contributed by atoms with Crippen LogP contribution in [-0.2, 0) is 14.3 Å². The lowest BCUT2D eigenvalue weighted by Crippen LogP contribution is -2.37. The topological polar surface area (TPSA) is 63.7 Å². The summed E-state index contributed by atoms with van der Waals surface area (Å²) in [6.07, 6.45) is -0.488. The molecule has 1 aliphatic heterocycles. The lowest BCUT2D eigenvalue weighted by molar-refractivity contribution is -0.134. The summed E-state index contributed by atoms with van der Waals surface area (Å²) in [5, 5.41) is 0. The van der Waals surface area contributed by atoms with Crippen molar-refractivity contribution in [3.63, 3.8) is 0 Å². The van der Waals surface area contributed by atoms with E-state index in [1.165, 1.54) is 20.8 Å². The van der Waals surface area contributed by atoms with Crippen LogP contribution in [0.3, 0.4) is 0 Å². The van der Waals surface area contributed by atoms with E-state index >= 15 is 0 Å². The molecule has 0 aromatic rings. The van der Waals surface area contributed by atoms with Crippen molar-refractivity contribution in [1.29, 1.82) is 0 Å². The maximum absolute atomic E-state index is 11.5. The van der Waals surface area contributed by atoms with E-state index in [2.05, 4.69) is 0 Å². The largest absolute Gasteiger partial charge is 0.433 e. The first-order valence-electron chi connectivity index (χ1n) is 4.39. The minimum Gasteiger partial charge on any atom is -0.433 e. The predicted octanol–water partition coefficient (Wildman–Crippen LogP) is 0.723. The summed E-state index contributed by atoms with van der Waals surface area (Å²) in [5.41, 5.74) is -1.09. The summed E-state index contributed by atoms with van der Waals surface area (Å²) in [7, 11) is 0. The predicted molar refractivity (Wildman–Crippen MR) is 47.6 cm³/mol. The zero-order valence-electron chi connectivity index (χ0n) is 8.49. The van der Waals surface area contributed by atoms with Gasteiger partial charge in [-0.25, -0.2) is 9.69 Å². The van der Waals surface area contributed by atoms with Crippen molar-refractivity contribution in [1.82, 2.24) is 4.90 Å². The normalized spacial score (nSPS) is 19.8. The Balaban J connectivity index is 2.67. The van der Waals surface area contributed by atoms with Gasteiger partial charge >= 0.3 is 6.09 Å². The second kappa shape index (κ2) is 3.40. The molecule has 1 fully saturated rings. The van der Waals surface area contributed by atoms with Gasteiger partial charge in [0.05, 0.1) is 0 Å². The minimum absolute atomic E-state index is 0.0599. The molecule has 0 aromatic carbocycles. The van der Waals surface area contributed by atoms with Gasteiger partial charge in [0.2, 0.25) is 0 Å². The van der Waals surface area contributed by atoms with Crippen LogP contribution in [-0.4, -0.2) is 34.8 Å². The van der Waals surface area contributed by atoms with Crippen molar-refractivity contribution >= 4 is 17.8 Å². The van der Waals surface area contributed by atoms with Crippen molar-refractivity contribution in [3.8, 4) is 0 Å². The highest BCUT2D eigenvalue weighted by molar-refractivity contribution is 6.02. The Kier molecular flexibility index (Phi) is 2.59. The number of hydrogen-bond acceptors (Lipinski definition) is 4. The highest BCUT2D eigenvalue weighted by Crippen LogP contribution is 2.23. The van der Waals surface area contributed by atoms with E-state index in [0.29, 0.717) is 0 Å². The molecule has 0 saturated carbocycles. The summed E-state index contributed by atoms with van der Waals surface area (Å²) < 4.78 is 4.83. The Bertz CT molecular complexity index is 295. The molecule has 0 atom stereocenters. The summed E-state index contributed by atoms with van der Waals surface area (Å²) in [5.74, 6) is -0.445. The van der Waals surface area contributed by atoms with Crippen LogP contribution in [0.2, 0.25) is 0 Å². The second-order valence-corrected chi connectivity index (χ2v) is 3.79. The molecule has 1 heterocycles. The van der Waals surface area contributed by atoms with Gasteiger partial charge in [-0.05, 0) is 20.8 Å². The molecule has 0 aliphatic carbocycles. The van der Waals surface area contributed by atoms with Crippen LogP contribution in [0.15, 0.2) is 0 Å². The van der Waals surface area contributed by atoms with E-state index in [-0.39, 0.29) is 24.7 Å². The van der Waals surface area contributed by atoms with Gasteiger partial charge in [0, 0.05) is 13.0 Å². The average Bonchev–Trinajstić information content (AvgIpc) is 2.19. The smallest absolute Gasteiger partial charge is 0.417 e. The number of nitrogens with zero attached hydrogens (tertiary/aromatic N) is 1. The van der Waals surface area contributed by atoms with Crippen LogP contribution >= 0.6 is 0 Å². The Morgan fingerprint density at radius 1 is 1.43 bits per heavy atom. The summed E-state index contributed by atoms with van der Waals surface area (Å²) in [4.78, 5) is 34.4. The third-order valence-electron chi connectivity index (χ3n) is 2.01. The van der Waals surface area contributed by atoms with Crippen LogP contribution < -0.4 is 0 Å². The Morgan fingerprint density at radius 2 is 2.00 bits per heavy atom. The quantitative estimate of drug-likeness (QED) is 0.672. The van der Waals surface area contributed by atoms with Crippen LogP contribution in [0.25, 0.3) is 0 Å². The molecule has 0 unspecified atom stereocenters. The number of ketones is 1. The van der Waals surface area contributed by atoms with E-state index in [0.717, 1.165) is 4.90 Å². The molecule has 0 bridgehead atoms. The molecule has 0 aromatic heterocycles. The number of Topliss-reactive ketones (excluding diaryl/α,β-unsaturated/α-hetero) is 1. The molecule has 14 heavy (non-hydrogen) atoms. The molecule has 1 aliphatic rings. The number of carbonyl (C=O) groups is 3. The SMILES string of the molecule is CC(=O)CCN1C(=O)OC(C)(C)C1=O. The van der Waals surface area contributed by atoms with E-state index in [4.69, 9.17) is 4.74 Å². The van der Waals surface area contributed by atoms with E-state index in [1.807, 2.05) is 0 Å². The van der Waals surface area contributed by atoms with Gasteiger partial charge < -0.3 is 4.74 Å². The molecule has 1 rings (SSSR count). The van der Waals surface area contributed by atoms with E-state index in [9.17, 15) is 14.4 Å². The van der Waals surface area contributed by atoms with E-state index < -0.39 is 11.7 Å². The van der Waals surface area contributed by atoms with Gasteiger partial charge in [0.1, 0.15) is 5.78 Å². The first-order chi connectivity index (χ1) is 6.34. The van der Waals surface area contributed by atoms with Gasteiger partial charge in [-0.1, -0.05) is 0 Å². The molecule has 5 nitrogen and oxygen atoms in total. The fourth-order valence-corrected chi connectivity index (χ4v) is 1.19. The first kappa shape index (κ1) is 10.7. The summed E-state index contributed by atoms with van der Waals surface area (Å²) in [6.45, 7) is 4.58. The highest BCUT2D eigenvalue weighted by atomic mass is 16.6. The van der Waals surface area contributed by atoms with Gasteiger partial charge in [0.15, 0.2) is 5.60 Å². The number of carbonyl (C=O) groups excluding carboxylic acids is 3. The Hall–Kier alpha value is -1.39. The van der Waals surface area contributed by atoms with Gasteiger partial charge in [-0.2, -0.15) is 0 Å². The third-order valence-corrected chi connectivity index (χ3v) is 2.01. The van der Waals surface area contributed by atoms with Gasteiger partial charge in [0.25, 0.3) is 5.91 Å². The summed E-state index contributed by atoms with van der Waals surface area (Å²) >= 11 is 0. The Labute approximate surface area is 82.0 Å². The molecule has 5 heteroatoms. The van der Waals surface area contributed by atoms with Crippen molar-refractivity contribution in [3.05, 3.63) is 0 Å². The van der Waals surface area contributed by atoms with E-state index in [1.54, 1.807) is 0 Å². The number of cyclic esters (lactones) is 1. The van der Waals surface area contributed by atoms with Crippen molar-refractivity contribution in [2.24, 2.45) is 0 Å². The highest BCUT2D eigenvalue weighted by Gasteiger charge is 2.46. The molecule has 1 saturated heterocycles. The van der Waals surface area contributed by atoms with Crippen molar-refractivity contribution < 1.29 is 19.1 Å². The molecule has 0 N–H and O–H groups in total. The average molecular weight is 199 g/mol. The van der Waals surface area contributed by atoms with Crippen molar-refractivity contribution in [2.75, 3.05) is 6.54 Å². The van der Waals surface area contributed by atoms with Crippen LogP contribution in [0.5, 0.6) is 0 Å². The number of amides is 2. The molecular formula is C9H13NO4. The maximum Gasteiger partial charge on any atom is 0.417 e. The second-order valence-electron chi connectivity index (χ2n) is 3.79. The monoisotopic (exact) mass is 199 g/mol. The number of rotatable bonds is 3. The fraction of sp³-hybridized carbons (Fsp3) is 0.667. The lowest BCUT2D eigenvalue weighted by atomic mass is 10.1. The fourth-order valence-electron chi connectivity index (χ4n) is 1.19. The first-order valence-corrected chi connectivity index (χ1v) is 4.39. The van der Waals surface area contributed by atoms with Crippen molar-refractivity contribution in [2.45, 2.75) is 32.8 Å². The standard InChI is InChI=1S/C9H13NO4/c1-6(11)4-5-10-7(12)9(2,3)14-8(10)13/h4-5H2,1-3H3. The molecule has 0 radical (unpaired) electrons. The number of ether oxygens (including phenoxy) is 1. The zero-order valence-corrected chi connectivity index (χ0v) is 8.49. The van der Waals surface area contributed by atoms with Crippen LogP contribution in [0.4, 0.5) is 4.79 Å². The zero-order chi connectivity index (χ0) is 10.9. The minimum atomic E-state index is -1.09. The van der Waals surface area contributed by atoms with Gasteiger partial charge in [-0.3, -0.25) is 9.59 Å². The van der Waals surface area contributed by atoms with Crippen LogP contribution in [0.1, 0.15) is 27.2 Å². The third kappa shape index (κ3) is 1.92. The number of hydrogen-bond donors (Lipinski definition) is 0. The lowest BCUT2D eigenvalue weighted by Gasteiger charge is -2.12. The number of imide groups is 1. The summed E-state index contributed by atoms with van der Waals surface area (Å²) in [6, 6.07) is 0. The van der Waals surface area contributed by atoms with Crippen LogP contribution in [0, 0.1) is 0 Å². The molecular weight excluding hydrogens is 186 g/mol. The molecule has 0 spiro atoms. The molecule has 2 amide bonds. The Morgan fingerprint density at radius 3 is 2.36 bits per heavy atom.